The molecule has 0 aromatic rings. The van der Waals surface area contributed by atoms with Crippen molar-refractivity contribution < 1.29 is 0 Å². The Morgan fingerprint density at radius 2 is 0.615 bits per heavy atom. The highest BCUT2D eigenvalue weighted by atomic mass is 13.3. The molecule has 0 nitrogen and oxygen atoms in total. The van der Waals surface area contributed by atoms with Crippen molar-refractivity contribution in [2.45, 2.75) is 6.82 Å². The minimum absolute atomic E-state index is 0.400. The molecule has 0 saturated carbocycles. The fourth-order valence-electron chi connectivity index (χ4n) is 3.97. The number of hydrogen-bond donors (Lipinski definition) is 0. The van der Waals surface area contributed by atoms with Gasteiger partial charge in [-0.3, -0.25) is 0 Å². The van der Waals surface area contributed by atoms with Crippen LogP contribution in [-0.2, 0) is 0 Å². The lowest BCUT2D eigenvalue weighted by molar-refractivity contribution is 2.32. The van der Waals surface area contributed by atoms with E-state index in [4.69, 9.17) is 101 Å². The van der Waals surface area contributed by atoms with Gasteiger partial charge in [0.1, 0.15) is 0 Å². The van der Waals surface area contributed by atoms with E-state index in [1.165, 1.54) is 0 Å². The number of rotatable bonds is 11. The second-order valence-corrected chi connectivity index (χ2v) is 7.21. The molecule has 0 fully saturated rings. The van der Waals surface area contributed by atoms with E-state index >= 15 is 0 Å². The first-order valence-corrected chi connectivity index (χ1v) is 8.58. The maximum absolute atomic E-state index is 6.15. The summed E-state index contributed by atoms with van der Waals surface area (Å²) in [6.07, 6.45) is -8.47. The minimum atomic E-state index is -0.903. The molecule has 0 rings (SSSR count). The summed E-state index contributed by atoms with van der Waals surface area (Å²) in [4.78, 5) is 0. The normalized spacial score (nSPS) is 9.42. The third kappa shape index (κ3) is 7.46. The minimum Gasteiger partial charge on any atom is -0.101 e. The fraction of sp³-hybridized carbons (Fsp3) is 1.00. The van der Waals surface area contributed by atoms with E-state index in [0.29, 0.717) is 0 Å². The highest BCUT2D eigenvalue weighted by Gasteiger charge is 2.48. The Bertz CT molecular complexity index is 330. The molecule has 0 bridgehead atoms. The first kappa shape index (κ1) is 27.6. The van der Waals surface area contributed by atoms with E-state index in [1.807, 2.05) is 6.82 Å². The second-order valence-electron chi connectivity index (χ2n) is 7.21. The molecule has 0 N–H and O–H groups in total. The van der Waals surface area contributed by atoms with Crippen LogP contribution in [0.3, 0.4) is 0 Å². The molecule has 26 radical (unpaired) electrons. The van der Waals surface area contributed by atoms with Crippen molar-refractivity contribution >= 4 is 177 Å². The molecule has 25 heteroatoms. The average Bonchev–Trinajstić information content (AvgIpc) is 2.44. The lowest BCUT2D eigenvalue weighted by Crippen LogP contribution is -2.83. The first-order chi connectivity index (χ1) is 11.7. The standard InChI is InChI=1S/CH3B25/c1-15(23(17(4)5)22(14)16(2)3)24(25(18(6)7)19(8)9)26(20(10)11)21(12)13/h1H3. The summed E-state index contributed by atoms with van der Waals surface area (Å²) in [5.74, 6) is 0. The molecule has 0 amide bonds. The van der Waals surface area contributed by atoms with Crippen LogP contribution in [0.25, 0.3) is 0 Å². The van der Waals surface area contributed by atoms with Gasteiger partial charge in [-0.25, -0.2) is 0 Å². The van der Waals surface area contributed by atoms with Crippen LogP contribution in [0, 0.1) is 0 Å². The molecule has 0 aromatic carbocycles. The van der Waals surface area contributed by atoms with Crippen LogP contribution < -0.4 is 0 Å². The van der Waals surface area contributed by atoms with E-state index in [1.54, 1.807) is 0 Å². The maximum atomic E-state index is 6.15. The number of hydrogen-bond acceptors (Lipinski definition) is 0. The van der Waals surface area contributed by atoms with Gasteiger partial charge in [0.2, 0.25) is 0 Å². The Morgan fingerprint density at radius 3 is 0.808 bits per heavy atom. The molecule has 0 spiro atoms. The smallest absolute Gasteiger partial charge is 0.0413 e. The van der Waals surface area contributed by atoms with Crippen LogP contribution in [0.15, 0.2) is 0 Å². The predicted molar refractivity (Wildman–Crippen MR) is 150 cm³/mol. The summed E-state index contributed by atoms with van der Waals surface area (Å²) in [7, 11) is 77.1. The molecule has 82 valence electrons. The summed E-state index contributed by atoms with van der Waals surface area (Å²) < 4.78 is 0. The molecule has 0 saturated heterocycles. The zero-order valence-corrected chi connectivity index (χ0v) is 15.4. The van der Waals surface area contributed by atoms with Gasteiger partial charge in [-0.2, -0.15) is 0 Å². The van der Waals surface area contributed by atoms with Gasteiger partial charge in [0.05, 0.1) is 0 Å². The lowest BCUT2D eigenvalue weighted by Gasteiger charge is -2.45. The van der Waals surface area contributed by atoms with Crippen molar-refractivity contribution in [3.8, 4) is 0 Å². The van der Waals surface area contributed by atoms with Gasteiger partial charge in [-0.05, 0) is 0 Å². The quantitative estimate of drug-likeness (QED) is 0.331. The first-order valence-electron chi connectivity index (χ1n) is 8.58. The summed E-state index contributed by atoms with van der Waals surface area (Å²) in [5.41, 5.74) is 0. The molecule has 0 aromatic heterocycles. The van der Waals surface area contributed by atoms with Crippen LogP contribution in [-0.4, -0.2) is 177 Å². The monoisotopic (exact) mass is 290 g/mol. The van der Waals surface area contributed by atoms with Crippen molar-refractivity contribution in [2.75, 3.05) is 0 Å². The van der Waals surface area contributed by atoms with Crippen LogP contribution in [0.4, 0.5) is 0 Å². The van der Waals surface area contributed by atoms with E-state index < -0.39 is 76.7 Å². The van der Waals surface area contributed by atoms with Gasteiger partial charge in [0.25, 0.3) is 0 Å². The lowest BCUT2D eigenvalue weighted by atomic mass is 8.37. The van der Waals surface area contributed by atoms with Crippen molar-refractivity contribution in [1.29, 1.82) is 0 Å². The summed E-state index contributed by atoms with van der Waals surface area (Å²) in [6.45, 7) is 1.42. The van der Waals surface area contributed by atoms with Crippen molar-refractivity contribution in [3.63, 3.8) is 0 Å². The molecule has 0 heterocycles. The molecule has 0 atom stereocenters. The van der Waals surface area contributed by atoms with Crippen LogP contribution in [0.2, 0.25) is 6.82 Å². The third-order valence-corrected chi connectivity index (χ3v) is 5.21. The van der Waals surface area contributed by atoms with Gasteiger partial charge in [0, 0.05) is 177 Å². The zero-order valence-electron chi connectivity index (χ0n) is 15.4. The van der Waals surface area contributed by atoms with Crippen LogP contribution >= 0.6 is 0 Å². The van der Waals surface area contributed by atoms with E-state index in [-0.39, 0.29) is 0 Å². The zero-order chi connectivity index (χ0) is 20.9. The average molecular weight is 285 g/mol. The van der Waals surface area contributed by atoms with Gasteiger partial charge in [-0.1, -0.05) is 0 Å². The molecule has 0 aliphatic rings. The SMILES string of the molecule is [B]B([B])B([B])B(B([B])[B])B(C)B(B(B([B])[B])B([B])[B])B(B([B])[B])B([B])[B]. The Hall–Kier alpha value is 1.62. The van der Waals surface area contributed by atoms with E-state index in [2.05, 4.69) is 0 Å². The van der Waals surface area contributed by atoms with Gasteiger partial charge in [0.15, 0.2) is 0 Å². The summed E-state index contributed by atoms with van der Waals surface area (Å²) in [5, 5.41) is 0. The molecular formula is CH3B25. The highest BCUT2D eigenvalue weighted by molar-refractivity contribution is 8.20. The van der Waals surface area contributed by atoms with Crippen LogP contribution in [0.1, 0.15) is 0 Å². The van der Waals surface area contributed by atoms with Gasteiger partial charge in [-0.15, -0.1) is 6.82 Å². The molecule has 0 aliphatic heterocycles. The Morgan fingerprint density at radius 1 is 0.346 bits per heavy atom. The fourth-order valence-corrected chi connectivity index (χ4v) is 3.97. The molecule has 0 unspecified atom stereocenters. The third-order valence-electron chi connectivity index (χ3n) is 5.21. The predicted octanol–water partition coefficient (Wildman–Crippen LogP) is -8.94. The van der Waals surface area contributed by atoms with Crippen molar-refractivity contribution in [1.82, 2.24) is 0 Å². The topological polar surface area (TPSA) is 0 Å². The maximum Gasteiger partial charge on any atom is 0.0413 e. The largest absolute Gasteiger partial charge is 0.101 e. The van der Waals surface area contributed by atoms with Gasteiger partial charge < -0.3 is 0 Å². The Kier molecular flexibility index (Phi) is 13.1. The Labute approximate surface area is 183 Å². The van der Waals surface area contributed by atoms with Gasteiger partial charge >= 0.3 is 0 Å². The van der Waals surface area contributed by atoms with E-state index in [9.17, 15) is 0 Å². The van der Waals surface area contributed by atoms with Crippen molar-refractivity contribution in [2.24, 2.45) is 0 Å². The summed E-state index contributed by atoms with van der Waals surface area (Å²) >= 11 is 0. The molecular weight excluding hydrogens is 282 g/mol. The molecule has 0 aliphatic carbocycles. The molecule has 26 heavy (non-hydrogen) atoms. The Balaban J connectivity index is 6.25. The highest BCUT2D eigenvalue weighted by Crippen LogP contribution is 2.11. The van der Waals surface area contributed by atoms with Crippen LogP contribution in [0.5, 0.6) is 0 Å². The van der Waals surface area contributed by atoms with E-state index in [0.717, 1.165) is 0 Å². The second kappa shape index (κ2) is 12.3. The van der Waals surface area contributed by atoms with Crippen molar-refractivity contribution in [3.05, 3.63) is 0 Å². The summed E-state index contributed by atoms with van der Waals surface area (Å²) in [6, 6.07) is 0.